The van der Waals surface area contributed by atoms with Crippen LogP contribution in [0.2, 0.25) is 0 Å². The molecule has 2 heterocycles. The topological polar surface area (TPSA) is 28.2 Å². The van der Waals surface area contributed by atoms with Crippen LogP contribution in [0.4, 0.5) is 5.82 Å². The van der Waals surface area contributed by atoms with Crippen molar-refractivity contribution in [3.8, 4) is 0 Å². The Balaban J connectivity index is 1.97. The molecule has 3 nitrogen and oxygen atoms in total. The smallest absolute Gasteiger partial charge is 0.128 e. The first-order valence-corrected chi connectivity index (χ1v) is 8.26. The zero-order valence-corrected chi connectivity index (χ0v) is 14.6. The fourth-order valence-electron chi connectivity index (χ4n) is 2.59. The number of aryl methyl sites for hydroxylation is 1. The van der Waals surface area contributed by atoms with E-state index in [1.54, 1.807) is 0 Å². The molecule has 1 N–H and O–H groups in total. The lowest BCUT2D eigenvalue weighted by Crippen LogP contribution is -2.44. The third-order valence-corrected chi connectivity index (χ3v) is 4.63. The van der Waals surface area contributed by atoms with Gasteiger partial charge < -0.3 is 10.2 Å². The standard InChI is InChI=1S/C16H26BrN3/c1-12-8-15(18-10-14(12)17)20-7-5-6-13(11-20)9-19-16(2,3)4/h8,10,13,19H,5-7,9,11H2,1-4H3. The summed E-state index contributed by atoms with van der Waals surface area (Å²) in [5.41, 5.74) is 1.46. The highest BCUT2D eigenvalue weighted by Crippen LogP contribution is 2.24. The van der Waals surface area contributed by atoms with Gasteiger partial charge >= 0.3 is 0 Å². The number of rotatable bonds is 3. The number of halogens is 1. The lowest BCUT2D eigenvalue weighted by atomic mass is 9.96. The number of aromatic nitrogens is 1. The van der Waals surface area contributed by atoms with Crippen molar-refractivity contribution in [2.24, 2.45) is 5.92 Å². The van der Waals surface area contributed by atoms with Gasteiger partial charge in [-0.1, -0.05) is 0 Å². The van der Waals surface area contributed by atoms with Crippen LogP contribution in [-0.2, 0) is 0 Å². The van der Waals surface area contributed by atoms with Crippen molar-refractivity contribution in [2.45, 2.75) is 46.1 Å². The average Bonchev–Trinajstić information content (AvgIpc) is 2.39. The van der Waals surface area contributed by atoms with E-state index < -0.39 is 0 Å². The van der Waals surface area contributed by atoms with Crippen molar-refractivity contribution in [1.29, 1.82) is 0 Å². The van der Waals surface area contributed by atoms with Gasteiger partial charge in [-0.15, -0.1) is 0 Å². The second-order valence-corrected chi connectivity index (χ2v) is 7.73. The Morgan fingerprint density at radius 3 is 2.85 bits per heavy atom. The molecule has 112 valence electrons. The summed E-state index contributed by atoms with van der Waals surface area (Å²) in [6.07, 6.45) is 4.49. The molecule has 1 atom stereocenters. The van der Waals surface area contributed by atoms with Gasteiger partial charge in [-0.2, -0.15) is 0 Å². The summed E-state index contributed by atoms with van der Waals surface area (Å²) < 4.78 is 1.09. The summed E-state index contributed by atoms with van der Waals surface area (Å²) >= 11 is 3.52. The molecular formula is C16H26BrN3. The minimum Gasteiger partial charge on any atom is -0.356 e. The number of nitrogens with one attached hydrogen (secondary N) is 1. The molecule has 1 fully saturated rings. The number of nitrogens with zero attached hydrogens (tertiary/aromatic N) is 2. The fourth-order valence-corrected chi connectivity index (χ4v) is 2.80. The number of anilines is 1. The summed E-state index contributed by atoms with van der Waals surface area (Å²) in [5.74, 6) is 1.83. The lowest BCUT2D eigenvalue weighted by Gasteiger charge is -2.35. The normalized spacial score (nSPS) is 20.2. The van der Waals surface area contributed by atoms with Crippen LogP contribution >= 0.6 is 15.9 Å². The van der Waals surface area contributed by atoms with Crippen LogP contribution in [0, 0.1) is 12.8 Å². The van der Waals surface area contributed by atoms with Crippen LogP contribution in [0.5, 0.6) is 0 Å². The van der Waals surface area contributed by atoms with Gasteiger partial charge in [-0.05, 0) is 74.0 Å². The van der Waals surface area contributed by atoms with E-state index in [0.717, 1.165) is 29.9 Å². The summed E-state index contributed by atoms with van der Waals surface area (Å²) in [7, 11) is 0. The quantitative estimate of drug-likeness (QED) is 0.908. The van der Waals surface area contributed by atoms with Crippen molar-refractivity contribution >= 4 is 21.7 Å². The SMILES string of the molecule is Cc1cc(N2CCCC(CNC(C)(C)C)C2)ncc1Br. The highest BCUT2D eigenvalue weighted by atomic mass is 79.9. The second kappa shape index (κ2) is 6.44. The first kappa shape index (κ1) is 15.8. The number of hydrogen-bond acceptors (Lipinski definition) is 3. The van der Waals surface area contributed by atoms with Gasteiger partial charge in [0.25, 0.3) is 0 Å². The van der Waals surface area contributed by atoms with Gasteiger partial charge in [-0.3, -0.25) is 0 Å². The van der Waals surface area contributed by atoms with E-state index in [9.17, 15) is 0 Å². The molecule has 1 saturated heterocycles. The van der Waals surface area contributed by atoms with Crippen molar-refractivity contribution in [3.05, 3.63) is 22.3 Å². The van der Waals surface area contributed by atoms with Gasteiger partial charge in [0.2, 0.25) is 0 Å². The van der Waals surface area contributed by atoms with E-state index in [1.165, 1.54) is 18.4 Å². The van der Waals surface area contributed by atoms with Gasteiger partial charge in [0.15, 0.2) is 0 Å². The second-order valence-electron chi connectivity index (χ2n) is 6.88. The maximum Gasteiger partial charge on any atom is 0.128 e. The molecule has 0 radical (unpaired) electrons. The molecule has 1 aliphatic heterocycles. The van der Waals surface area contributed by atoms with Crippen LogP contribution in [-0.4, -0.2) is 30.2 Å². The minimum absolute atomic E-state index is 0.203. The molecule has 0 aromatic carbocycles. The van der Waals surface area contributed by atoms with E-state index in [-0.39, 0.29) is 5.54 Å². The Bertz CT molecular complexity index is 454. The van der Waals surface area contributed by atoms with Crippen molar-refractivity contribution in [1.82, 2.24) is 10.3 Å². The summed E-state index contributed by atoms with van der Waals surface area (Å²) in [5, 5.41) is 3.63. The molecule has 0 aliphatic carbocycles. The average molecular weight is 340 g/mol. The maximum atomic E-state index is 4.56. The molecule has 2 rings (SSSR count). The minimum atomic E-state index is 0.203. The van der Waals surface area contributed by atoms with E-state index in [2.05, 4.69) is 64.9 Å². The monoisotopic (exact) mass is 339 g/mol. The van der Waals surface area contributed by atoms with Crippen LogP contribution in [0.3, 0.4) is 0 Å². The van der Waals surface area contributed by atoms with Crippen LogP contribution < -0.4 is 10.2 Å². The highest BCUT2D eigenvalue weighted by Gasteiger charge is 2.22. The first-order chi connectivity index (χ1) is 9.35. The lowest BCUT2D eigenvalue weighted by molar-refractivity contribution is 0.335. The van der Waals surface area contributed by atoms with E-state index in [1.807, 2.05) is 6.20 Å². The third-order valence-electron chi connectivity index (χ3n) is 3.80. The Hall–Kier alpha value is -0.610. The molecule has 0 bridgehead atoms. The van der Waals surface area contributed by atoms with Crippen molar-refractivity contribution in [2.75, 3.05) is 24.5 Å². The largest absolute Gasteiger partial charge is 0.356 e. The summed E-state index contributed by atoms with van der Waals surface area (Å²) in [6.45, 7) is 12.1. The molecular weight excluding hydrogens is 314 g/mol. The summed E-state index contributed by atoms with van der Waals surface area (Å²) in [6, 6.07) is 2.18. The first-order valence-electron chi connectivity index (χ1n) is 7.47. The molecule has 1 aromatic heterocycles. The van der Waals surface area contributed by atoms with E-state index in [0.29, 0.717) is 5.92 Å². The zero-order chi connectivity index (χ0) is 14.8. The van der Waals surface area contributed by atoms with Crippen LogP contribution in [0.15, 0.2) is 16.7 Å². The van der Waals surface area contributed by atoms with Crippen molar-refractivity contribution < 1.29 is 0 Å². The number of piperidine rings is 1. The molecule has 1 aliphatic rings. The molecule has 20 heavy (non-hydrogen) atoms. The molecule has 1 unspecified atom stereocenters. The molecule has 4 heteroatoms. The number of hydrogen-bond donors (Lipinski definition) is 1. The summed E-state index contributed by atoms with van der Waals surface area (Å²) in [4.78, 5) is 6.99. The zero-order valence-electron chi connectivity index (χ0n) is 13.0. The van der Waals surface area contributed by atoms with Gasteiger partial charge in [0.05, 0.1) is 0 Å². The molecule has 0 saturated carbocycles. The predicted molar refractivity (Wildman–Crippen MR) is 89.4 cm³/mol. The van der Waals surface area contributed by atoms with Crippen molar-refractivity contribution in [3.63, 3.8) is 0 Å². The van der Waals surface area contributed by atoms with Gasteiger partial charge in [0.1, 0.15) is 5.82 Å². The van der Waals surface area contributed by atoms with Crippen LogP contribution in [0.25, 0.3) is 0 Å². The Labute approximate surface area is 131 Å². The van der Waals surface area contributed by atoms with Crippen LogP contribution in [0.1, 0.15) is 39.2 Å². The highest BCUT2D eigenvalue weighted by molar-refractivity contribution is 9.10. The fraction of sp³-hybridized carbons (Fsp3) is 0.688. The number of pyridine rings is 1. The Morgan fingerprint density at radius 2 is 2.20 bits per heavy atom. The van der Waals surface area contributed by atoms with Gasteiger partial charge in [0, 0.05) is 35.8 Å². The third kappa shape index (κ3) is 4.45. The maximum absolute atomic E-state index is 4.56. The van der Waals surface area contributed by atoms with E-state index in [4.69, 9.17) is 0 Å². The molecule has 0 spiro atoms. The van der Waals surface area contributed by atoms with Gasteiger partial charge in [-0.25, -0.2) is 4.98 Å². The predicted octanol–water partition coefficient (Wildman–Crippen LogP) is 3.76. The molecule has 1 aromatic rings. The Morgan fingerprint density at radius 1 is 1.45 bits per heavy atom. The molecule has 0 amide bonds. The Kier molecular flexibility index (Phi) is 5.08. The van der Waals surface area contributed by atoms with E-state index >= 15 is 0 Å².